The van der Waals surface area contributed by atoms with E-state index in [1.165, 1.54) is 0 Å². The van der Waals surface area contributed by atoms with Crippen LogP contribution in [0.15, 0.2) is 24.3 Å². The molecule has 0 bridgehead atoms. The first-order valence-electron chi connectivity index (χ1n) is 4.78. The molecule has 0 spiro atoms. The molecule has 0 aromatic heterocycles. The van der Waals surface area contributed by atoms with Gasteiger partial charge in [0, 0.05) is 13.1 Å². The number of para-hydroxylation sites is 2. The minimum absolute atomic E-state index is 0.316. The summed E-state index contributed by atoms with van der Waals surface area (Å²) in [6, 6.07) is 7.76. The molecule has 0 unspecified atom stereocenters. The van der Waals surface area contributed by atoms with Crippen molar-refractivity contribution < 1.29 is 9.47 Å². The molecule has 2 rings (SSSR count). The van der Waals surface area contributed by atoms with Gasteiger partial charge < -0.3 is 9.47 Å². The van der Waals surface area contributed by atoms with Gasteiger partial charge in [-0.15, -0.1) is 0 Å². The first-order valence-corrected chi connectivity index (χ1v) is 4.78. The first-order chi connectivity index (χ1) is 6.79. The average Bonchev–Trinajstić information content (AvgIpc) is 2.16. The topological polar surface area (TPSA) is 21.7 Å². The zero-order valence-corrected chi connectivity index (χ0v) is 8.56. The molecule has 3 heteroatoms. The van der Waals surface area contributed by atoms with Crippen molar-refractivity contribution >= 4 is 0 Å². The van der Waals surface area contributed by atoms with Crippen LogP contribution < -0.4 is 9.47 Å². The van der Waals surface area contributed by atoms with E-state index in [2.05, 4.69) is 11.9 Å². The zero-order valence-electron chi connectivity index (χ0n) is 8.56. The maximum atomic E-state index is 5.78. The Labute approximate surface area is 84.2 Å². The summed E-state index contributed by atoms with van der Waals surface area (Å²) in [4.78, 5) is 2.22. The number of likely N-dealkylation sites (N-methyl/N-ethyl adjacent to an activating group) is 1. The largest absolute Gasteiger partial charge is 0.493 e. The third kappa shape index (κ3) is 1.82. The van der Waals surface area contributed by atoms with Crippen LogP contribution in [0.2, 0.25) is 0 Å². The van der Waals surface area contributed by atoms with Crippen LogP contribution in [-0.2, 0) is 0 Å². The second-order valence-corrected chi connectivity index (χ2v) is 3.61. The fourth-order valence-corrected chi connectivity index (χ4v) is 1.61. The van der Waals surface area contributed by atoms with Crippen LogP contribution in [0.25, 0.3) is 0 Å². The number of ether oxygens (including phenoxy) is 2. The smallest absolute Gasteiger partial charge is 0.161 e. The van der Waals surface area contributed by atoms with Crippen molar-refractivity contribution in [1.82, 2.24) is 4.90 Å². The number of rotatable bonds is 3. The Morgan fingerprint density at radius 3 is 2.43 bits per heavy atom. The molecular formula is C11H15NO2. The van der Waals surface area contributed by atoms with E-state index >= 15 is 0 Å². The lowest BCUT2D eigenvalue weighted by molar-refractivity contribution is 0.0370. The van der Waals surface area contributed by atoms with E-state index in [0.29, 0.717) is 6.10 Å². The fraction of sp³-hybridized carbons (Fsp3) is 0.455. The summed E-state index contributed by atoms with van der Waals surface area (Å²) < 4.78 is 11.0. The van der Waals surface area contributed by atoms with E-state index in [9.17, 15) is 0 Å². The number of hydrogen-bond acceptors (Lipinski definition) is 3. The van der Waals surface area contributed by atoms with E-state index in [1.807, 2.05) is 24.3 Å². The highest BCUT2D eigenvalue weighted by Crippen LogP contribution is 2.28. The van der Waals surface area contributed by atoms with Crippen molar-refractivity contribution in [2.24, 2.45) is 0 Å². The molecule has 1 saturated heterocycles. The minimum Gasteiger partial charge on any atom is -0.493 e. The Morgan fingerprint density at radius 2 is 1.86 bits per heavy atom. The molecular weight excluding hydrogens is 178 g/mol. The Hall–Kier alpha value is -1.22. The van der Waals surface area contributed by atoms with Crippen LogP contribution in [0, 0.1) is 0 Å². The van der Waals surface area contributed by atoms with E-state index in [1.54, 1.807) is 7.11 Å². The molecule has 76 valence electrons. The van der Waals surface area contributed by atoms with Gasteiger partial charge in [0.2, 0.25) is 0 Å². The summed E-state index contributed by atoms with van der Waals surface area (Å²) in [6.07, 6.45) is 0.316. The predicted molar refractivity (Wildman–Crippen MR) is 54.9 cm³/mol. The number of hydrogen-bond donors (Lipinski definition) is 0. The van der Waals surface area contributed by atoms with Gasteiger partial charge in [0.05, 0.1) is 7.11 Å². The maximum Gasteiger partial charge on any atom is 0.161 e. The van der Waals surface area contributed by atoms with E-state index in [-0.39, 0.29) is 0 Å². The van der Waals surface area contributed by atoms with Crippen LogP contribution in [-0.4, -0.2) is 38.3 Å². The van der Waals surface area contributed by atoms with Gasteiger partial charge in [-0.3, -0.25) is 4.90 Å². The third-order valence-electron chi connectivity index (χ3n) is 2.39. The molecule has 3 nitrogen and oxygen atoms in total. The van der Waals surface area contributed by atoms with Crippen LogP contribution in [0.1, 0.15) is 0 Å². The molecule has 0 radical (unpaired) electrons. The summed E-state index contributed by atoms with van der Waals surface area (Å²) in [6.45, 7) is 2.00. The summed E-state index contributed by atoms with van der Waals surface area (Å²) in [5.41, 5.74) is 0. The summed E-state index contributed by atoms with van der Waals surface area (Å²) >= 11 is 0. The molecule has 14 heavy (non-hydrogen) atoms. The molecule has 1 aliphatic rings. The Balaban J connectivity index is 2.01. The highest BCUT2D eigenvalue weighted by molar-refractivity contribution is 5.39. The number of likely N-dealkylation sites (tertiary alicyclic amines) is 1. The third-order valence-corrected chi connectivity index (χ3v) is 2.39. The van der Waals surface area contributed by atoms with Crippen LogP contribution in [0.5, 0.6) is 11.5 Å². The van der Waals surface area contributed by atoms with Crippen molar-refractivity contribution in [1.29, 1.82) is 0 Å². The van der Waals surface area contributed by atoms with Crippen LogP contribution >= 0.6 is 0 Å². The summed E-state index contributed by atoms with van der Waals surface area (Å²) in [5.74, 6) is 1.65. The Morgan fingerprint density at radius 1 is 1.21 bits per heavy atom. The Bertz CT molecular complexity index is 308. The van der Waals surface area contributed by atoms with Crippen molar-refractivity contribution in [3.63, 3.8) is 0 Å². The summed E-state index contributed by atoms with van der Waals surface area (Å²) in [5, 5.41) is 0. The molecule has 0 amide bonds. The molecule has 1 aliphatic heterocycles. The van der Waals surface area contributed by atoms with Gasteiger partial charge in [-0.25, -0.2) is 0 Å². The summed E-state index contributed by atoms with van der Waals surface area (Å²) in [7, 11) is 3.75. The van der Waals surface area contributed by atoms with Crippen LogP contribution in [0.4, 0.5) is 0 Å². The number of nitrogens with zero attached hydrogens (tertiary/aromatic N) is 1. The molecule has 0 aliphatic carbocycles. The maximum absolute atomic E-state index is 5.78. The minimum atomic E-state index is 0.316. The second-order valence-electron chi connectivity index (χ2n) is 3.61. The van der Waals surface area contributed by atoms with Gasteiger partial charge in [0.1, 0.15) is 6.10 Å². The molecule has 0 saturated carbocycles. The molecule has 1 heterocycles. The monoisotopic (exact) mass is 193 g/mol. The van der Waals surface area contributed by atoms with E-state index < -0.39 is 0 Å². The standard InChI is InChI=1S/C11H15NO2/c1-12-7-9(8-12)14-11-6-4-3-5-10(11)13-2/h3-6,9H,7-8H2,1-2H3. The van der Waals surface area contributed by atoms with E-state index in [0.717, 1.165) is 24.6 Å². The van der Waals surface area contributed by atoms with Gasteiger partial charge >= 0.3 is 0 Å². The van der Waals surface area contributed by atoms with Gasteiger partial charge in [0.15, 0.2) is 11.5 Å². The molecule has 0 N–H and O–H groups in total. The first kappa shape index (κ1) is 9.34. The van der Waals surface area contributed by atoms with E-state index in [4.69, 9.17) is 9.47 Å². The zero-order chi connectivity index (χ0) is 9.97. The normalized spacial score (nSPS) is 17.6. The lowest BCUT2D eigenvalue weighted by Gasteiger charge is -2.36. The Kier molecular flexibility index (Phi) is 2.59. The van der Waals surface area contributed by atoms with Crippen molar-refractivity contribution in [3.8, 4) is 11.5 Å². The second kappa shape index (κ2) is 3.88. The predicted octanol–water partition coefficient (Wildman–Crippen LogP) is 1.39. The molecule has 1 aromatic carbocycles. The van der Waals surface area contributed by atoms with Gasteiger partial charge in [-0.1, -0.05) is 12.1 Å². The van der Waals surface area contributed by atoms with Gasteiger partial charge in [0.25, 0.3) is 0 Å². The lowest BCUT2D eigenvalue weighted by Crippen LogP contribution is -2.51. The van der Waals surface area contributed by atoms with Gasteiger partial charge in [-0.2, -0.15) is 0 Å². The lowest BCUT2D eigenvalue weighted by atomic mass is 10.2. The highest BCUT2D eigenvalue weighted by Gasteiger charge is 2.25. The van der Waals surface area contributed by atoms with Crippen LogP contribution in [0.3, 0.4) is 0 Å². The highest BCUT2D eigenvalue weighted by atomic mass is 16.5. The molecule has 0 atom stereocenters. The SMILES string of the molecule is COc1ccccc1OC1CN(C)C1. The average molecular weight is 193 g/mol. The quantitative estimate of drug-likeness (QED) is 0.724. The van der Waals surface area contributed by atoms with Gasteiger partial charge in [-0.05, 0) is 19.2 Å². The molecule has 1 fully saturated rings. The van der Waals surface area contributed by atoms with Crippen molar-refractivity contribution in [3.05, 3.63) is 24.3 Å². The fourth-order valence-electron chi connectivity index (χ4n) is 1.61. The molecule has 1 aromatic rings. The van der Waals surface area contributed by atoms with Crippen molar-refractivity contribution in [2.45, 2.75) is 6.10 Å². The number of benzene rings is 1. The van der Waals surface area contributed by atoms with Crippen molar-refractivity contribution in [2.75, 3.05) is 27.2 Å². The number of methoxy groups -OCH3 is 1.